The van der Waals surface area contributed by atoms with Crippen LogP contribution in [0.1, 0.15) is 20.7 Å². The number of amides is 2. The summed E-state index contributed by atoms with van der Waals surface area (Å²) in [6, 6.07) is 22.1. The number of nitrogens with one attached hydrogen (secondary N) is 2. The Balaban J connectivity index is 1.80. The predicted molar refractivity (Wildman–Crippen MR) is 96.9 cm³/mol. The van der Waals surface area contributed by atoms with Crippen LogP contribution in [-0.2, 0) is 0 Å². The van der Waals surface area contributed by atoms with E-state index in [1.807, 2.05) is 24.3 Å². The molecule has 0 aromatic heterocycles. The molecule has 3 rings (SSSR count). The second-order valence-corrected chi connectivity index (χ2v) is 5.37. The molecule has 3 aromatic rings. The van der Waals surface area contributed by atoms with Crippen LogP contribution in [0.15, 0.2) is 78.9 Å². The summed E-state index contributed by atoms with van der Waals surface area (Å²) >= 11 is 0. The zero-order valence-electron chi connectivity index (χ0n) is 13.3. The third-order valence-electron chi connectivity index (χ3n) is 3.57. The fraction of sp³-hybridized carbons (Fsp3) is 0. The minimum Gasteiger partial charge on any atom is -0.507 e. The van der Waals surface area contributed by atoms with E-state index in [0.717, 1.165) is 0 Å². The van der Waals surface area contributed by atoms with Gasteiger partial charge in [-0.1, -0.05) is 36.4 Å². The summed E-state index contributed by atoms with van der Waals surface area (Å²) < 4.78 is 0. The van der Waals surface area contributed by atoms with Crippen molar-refractivity contribution in [3.63, 3.8) is 0 Å². The minimum atomic E-state index is -0.488. The van der Waals surface area contributed by atoms with Gasteiger partial charge in [-0.25, -0.2) is 0 Å². The van der Waals surface area contributed by atoms with Crippen LogP contribution in [0.25, 0.3) is 0 Å². The van der Waals surface area contributed by atoms with Crippen LogP contribution >= 0.6 is 0 Å². The number of hydrogen-bond acceptors (Lipinski definition) is 3. The Hall–Kier alpha value is -3.60. The molecule has 0 fully saturated rings. The molecule has 0 aliphatic rings. The number of carbonyl (C=O) groups is 2. The van der Waals surface area contributed by atoms with Crippen molar-refractivity contribution in [3.05, 3.63) is 90.0 Å². The van der Waals surface area contributed by atoms with Crippen molar-refractivity contribution in [2.45, 2.75) is 0 Å². The average Bonchev–Trinajstić information content (AvgIpc) is 2.63. The Bertz CT molecular complexity index is 893. The van der Waals surface area contributed by atoms with Crippen molar-refractivity contribution in [1.82, 2.24) is 0 Å². The highest BCUT2D eigenvalue weighted by molar-refractivity contribution is 6.10. The van der Waals surface area contributed by atoms with Gasteiger partial charge in [-0.05, 0) is 42.5 Å². The van der Waals surface area contributed by atoms with E-state index < -0.39 is 5.91 Å². The Morgan fingerprint density at radius 3 is 1.76 bits per heavy atom. The van der Waals surface area contributed by atoms with E-state index in [1.54, 1.807) is 36.4 Å². The molecule has 2 amide bonds. The fourth-order valence-electron chi connectivity index (χ4n) is 2.30. The van der Waals surface area contributed by atoms with Crippen LogP contribution in [0.4, 0.5) is 11.4 Å². The molecule has 0 aliphatic heterocycles. The molecule has 0 unspecified atom stereocenters. The van der Waals surface area contributed by atoms with E-state index in [2.05, 4.69) is 10.6 Å². The lowest BCUT2D eigenvalue weighted by Gasteiger charge is -2.09. The van der Waals surface area contributed by atoms with Gasteiger partial charge in [0.1, 0.15) is 5.75 Å². The summed E-state index contributed by atoms with van der Waals surface area (Å²) in [5, 5.41) is 15.4. The fourth-order valence-corrected chi connectivity index (χ4v) is 2.30. The molecular weight excluding hydrogens is 316 g/mol. The van der Waals surface area contributed by atoms with E-state index >= 15 is 0 Å². The molecule has 124 valence electrons. The Morgan fingerprint density at radius 2 is 1.20 bits per heavy atom. The highest BCUT2D eigenvalue weighted by Gasteiger charge is 2.15. The predicted octanol–water partition coefficient (Wildman–Crippen LogP) is 3.90. The van der Waals surface area contributed by atoms with Crippen molar-refractivity contribution in [2.24, 2.45) is 0 Å². The molecule has 0 bridgehead atoms. The smallest absolute Gasteiger partial charge is 0.259 e. The van der Waals surface area contributed by atoms with Crippen LogP contribution in [0, 0.1) is 0 Å². The molecule has 0 saturated carbocycles. The van der Waals surface area contributed by atoms with Gasteiger partial charge in [0.25, 0.3) is 11.8 Å². The second kappa shape index (κ2) is 7.31. The highest BCUT2D eigenvalue weighted by Crippen LogP contribution is 2.21. The Labute approximate surface area is 144 Å². The number of hydrogen-bond donors (Lipinski definition) is 3. The van der Waals surface area contributed by atoms with Crippen molar-refractivity contribution in [3.8, 4) is 5.75 Å². The SMILES string of the molecule is O=C(Nc1ccccc1)c1ccc(O)c(C(=O)Nc2ccccc2)c1. The third kappa shape index (κ3) is 4.03. The molecule has 5 heteroatoms. The quantitative estimate of drug-likeness (QED) is 0.678. The normalized spacial score (nSPS) is 10.1. The van der Waals surface area contributed by atoms with Gasteiger partial charge in [0, 0.05) is 16.9 Å². The van der Waals surface area contributed by atoms with E-state index in [1.165, 1.54) is 18.2 Å². The number of phenolic OH excluding ortho intramolecular Hbond substituents is 1. The van der Waals surface area contributed by atoms with E-state index in [0.29, 0.717) is 11.4 Å². The molecule has 5 nitrogen and oxygen atoms in total. The lowest BCUT2D eigenvalue weighted by Crippen LogP contribution is -2.15. The minimum absolute atomic E-state index is 0.0320. The molecule has 0 spiro atoms. The van der Waals surface area contributed by atoms with Crippen LogP contribution < -0.4 is 10.6 Å². The van der Waals surface area contributed by atoms with Gasteiger partial charge in [0.05, 0.1) is 5.56 Å². The van der Waals surface area contributed by atoms with E-state index in [4.69, 9.17) is 0 Å². The molecule has 3 N–H and O–H groups in total. The van der Waals surface area contributed by atoms with Gasteiger partial charge in [-0.15, -0.1) is 0 Å². The van der Waals surface area contributed by atoms with Crippen molar-refractivity contribution < 1.29 is 14.7 Å². The Kier molecular flexibility index (Phi) is 4.76. The van der Waals surface area contributed by atoms with Crippen LogP contribution in [0.5, 0.6) is 5.75 Å². The third-order valence-corrected chi connectivity index (χ3v) is 3.57. The first-order valence-corrected chi connectivity index (χ1v) is 7.69. The number of phenols is 1. The first-order chi connectivity index (χ1) is 12.1. The summed E-state index contributed by atoms with van der Waals surface area (Å²) in [7, 11) is 0. The number of carbonyl (C=O) groups excluding carboxylic acids is 2. The molecule has 0 heterocycles. The summed E-state index contributed by atoms with van der Waals surface area (Å²) in [6.45, 7) is 0. The molecule has 0 saturated heterocycles. The summed E-state index contributed by atoms with van der Waals surface area (Å²) in [6.07, 6.45) is 0. The van der Waals surface area contributed by atoms with Crippen LogP contribution in [0.3, 0.4) is 0 Å². The summed E-state index contributed by atoms with van der Waals surface area (Å²) in [4.78, 5) is 24.7. The topological polar surface area (TPSA) is 78.4 Å². The maximum Gasteiger partial charge on any atom is 0.259 e. The van der Waals surface area contributed by atoms with E-state index in [9.17, 15) is 14.7 Å². The largest absolute Gasteiger partial charge is 0.507 e. The van der Waals surface area contributed by atoms with Gasteiger partial charge in [-0.3, -0.25) is 9.59 Å². The summed E-state index contributed by atoms with van der Waals surface area (Å²) in [5.74, 6) is -1.04. The average molecular weight is 332 g/mol. The maximum absolute atomic E-state index is 12.4. The van der Waals surface area contributed by atoms with Gasteiger partial charge >= 0.3 is 0 Å². The number of benzene rings is 3. The zero-order chi connectivity index (χ0) is 17.6. The van der Waals surface area contributed by atoms with Gasteiger partial charge in [0.15, 0.2) is 0 Å². The maximum atomic E-state index is 12.4. The molecule has 0 atom stereocenters. The van der Waals surface area contributed by atoms with Gasteiger partial charge in [-0.2, -0.15) is 0 Å². The van der Waals surface area contributed by atoms with Crippen LogP contribution in [0.2, 0.25) is 0 Å². The molecular formula is C20H16N2O3. The highest BCUT2D eigenvalue weighted by atomic mass is 16.3. The molecule has 0 aliphatic carbocycles. The first kappa shape index (κ1) is 16.3. The van der Waals surface area contributed by atoms with Crippen LogP contribution in [-0.4, -0.2) is 16.9 Å². The van der Waals surface area contributed by atoms with Crippen molar-refractivity contribution >= 4 is 23.2 Å². The lowest BCUT2D eigenvalue weighted by atomic mass is 10.1. The lowest BCUT2D eigenvalue weighted by molar-refractivity contribution is 0.102. The van der Waals surface area contributed by atoms with Gasteiger partial charge < -0.3 is 15.7 Å². The zero-order valence-corrected chi connectivity index (χ0v) is 13.3. The number of aromatic hydroxyl groups is 1. The number of para-hydroxylation sites is 2. The monoisotopic (exact) mass is 332 g/mol. The number of rotatable bonds is 4. The number of anilines is 2. The van der Waals surface area contributed by atoms with Crippen molar-refractivity contribution in [2.75, 3.05) is 10.6 Å². The first-order valence-electron chi connectivity index (χ1n) is 7.69. The second-order valence-electron chi connectivity index (χ2n) is 5.37. The van der Waals surface area contributed by atoms with Crippen molar-refractivity contribution in [1.29, 1.82) is 0 Å². The molecule has 3 aromatic carbocycles. The Morgan fingerprint density at radius 1 is 0.680 bits per heavy atom. The molecule has 0 radical (unpaired) electrons. The van der Waals surface area contributed by atoms with Gasteiger partial charge in [0.2, 0.25) is 0 Å². The van der Waals surface area contributed by atoms with E-state index in [-0.39, 0.29) is 22.8 Å². The molecule has 25 heavy (non-hydrogen) atoms. The summed E-state index contributed by atoms with van der Waals surface area (Å²) in [5.41, 5.74) is 1.56. The standard InChI is InChI=1S/C20H16N2O3/c23-18-12-11-14(19(24)21-15-7-3-1-4-8-15)13-17(18)20(25)22-16-9-5-2-6-10-16/h1-13,23H,(H,21,24)(H,22,25).